The summed E-state index contributed by atoms with van der Waals surface area (Å²) in [4.78, 5) is 11.3. The van der Waals surface area contributed by atoms with Crippen molar-refractivity contribution in [2.24, 2.45) is 0 Å². The first-order valence-electron chi connectivity index (χ1n) is 6.92. The standard InChI is InChI=1S/C15H21NO3/c17-9-8-16-15(18)7-10-19-14-6-5-12-3-1-2-4-13(12)11-14/h5-6,11,17H,1-4,7-10H2,(H,16,18). The lowest BCUT2D eigenvalue weighted by Crippen LogP contribution is -2.27. The predicted molar refractivity (Wildman–Crippen MR) is 73.3 cm³/mol. The van der Waals surface area contributed by atoms with Crippen LogP contribution in [0.15, 0.2) is 18.2 Å². The first kappa shape index (κ1) is 13.9. The molecule has 104 valence electrons. The zero-order valence-corrected chi connectivity index (χ0v) is 11.2. The van der Waals surface area contributed by atoms with Crippen LogP contribution in [0.5, 0.6) is 5.75 Å². The number of amides is 1. The topological polar surface area (TPSA) is 58.6 Å². The number of aliphatic hydroxyl groups is 1. The number of benzene rings is 1. The fraction of sp³-hybridized carbons (Fsp3) is 0.533. The Kier molecular flexibility index (Phi) is 5.21. The molecule has 0 spiro atoms. The highest BCUT2D eigenvalue weighted by Crippen LogP contribution is 2.25. The van der Waals surface area contributed by atoms with Gasteiger partial charge in [0.05, 0.1) is 19.6 Å². The number of carbonyl (C=O) groups excluding carboxylic acids is 1. The summed E-state index contributed by atoms with van der Waals surface area (Å²) in [5.41, 5.74) is 2.81. The molecule has 1 aliphatic rings. The van der Waals surface area contributed by atoms with Gasteiger partial charge in [0.1, 0.15) is 5.75 Å². The van der Waals surface area contributed by atoms with Crippen LogP contribution < -0.4 is 10.1 Å². The molecule has 0 aromatic heterocycles. The van der Waals surface area contributed by atoms with E-state index in [0.29, 0.717) is 19.6 Å². The van der Waals surface area contributed by atoms with Crippen LogP contribution in [0, 0.1) is 0 Å². The maximum Gasteiger partial charge on any atom is 0.223 e. The van der Waals surface area contributed by atoms with Gasteiger partial charge in [-0.25, -0.2) is 0 Å². The highest BCUT2D eigenvalue weighted by molar-refractivity contribution is 5.75. The molecule has 4 heteroatoms. The summed E-state index contributed by atoms with van der Waals surface area (Å²) in [5, 5.41) is 11.2. The molecule has 0 saturated carbocycles. The van der Waals surface area contributed by atoms with Crippen LogP contribution in [0.4, 0.5) is 0 Å². The van der Waals surface area contributed by atoms with Crippen molar-refractivity contribution >= 4 is 5.91 Å². The Morgan fingerprint density at radius 3 is 2.84 bits per heavy atom. The third-order valence-electron chi connectivity index (χ3n) is 3.35. The van der Waals surface area contributed by atoms with Crippen molar-refractivity contribution < 1.29 is 14.6 Å². The predicted octanol–water partition coefficient (Wildman–Crippen LogP) is 1.44. The van der Waals surface area contributed by atoms with Gasteiger partial charge in [0, 0.05) is 6.54 Å². The van der Waals surface area contributed by atoms with Gasteiger partial charge in [0.2, 0.25) is 5.91 Å². The van der Waals surface area contributed by atoms with E-state index in [0.717, 1.165) is 12.2 Å². The van der Waals surface area contributed by atoms with Crippen LogP contribution in [-0.2, 0) is 17.6 Å². The third-order valence-corrected chi connectivity index (χ3v) is 3.35. The van der Waals surface area contributed by atoms with E-state index in [4.69, 9.17) is 9.84 Å². The molecule has 1 aliphatic carbocycles. The van der Waals surface area contributed by atoms with Crippen LogP contribution in [-0.4, -0.2) is 30.8 Å². The molecule has 1 aromatic carbocycles. The fourth-order valence-electron chi connectivity index (χ4n) is 2.34. The van der Waals surface area contributed by atoms with Crippen LogP contribution >= 0.6 is 0 Å². The molecule has 0 heterocycles. The van der Waals surface area contributed by atoms with Crippen LogP contribution in [0.2, 0.25) is 0 Å². The van der Waals surface area contributed by atoms with Gasteiger partial charge in [-0.05, 0) is 48.9 Å². The largest absolute Gasteiger partial charge is 0.493 e. The molecule has 1 amide bonds. The smallest absolute Gasteiger partial charge is 0.223 e. The number of hydrogen-bond donors (Lipinski definition) is 2. The second kappa shape index (κ2) is 7.14. The number of hydrogen-bond acceptors (Lipinski definition) is 3. The summed E-state index contributed by atoms with van der Waals surface area (Å²) in [6.45, 7) is 0.644. The molecule has 0 unspecified atom stereocenters. The summed E-state index contributed by atoms with van der Waals surface area (Å²) >= 11 is 0. The summed E-state index contributed by atoms with van der Waals surface area (Å²) < 4.78 is 5.60. The summed E-state index contributed by atoms with van der Waals surface area (Å²) in [7, 11) is 0. The highest BCUT2D eigenvalue weighted by atomic mass is 16.5. The fourth-order valence-corrected chi connectivity index (χ4v) is 2.34. The van der Waals surface area contributed by atoms with E-state index in [-0.39, 0.29) is 12.5 Å². The highest BCUT2D eigenvalue weighted by Gasteiger charge is 2.10. The maximum absolute atomic E-state index is 11.3. The van der Waals surface area contributed by atoms with E-state index < -0.39 is 0 Å². The van der Waals surface area contributed by atoms with Gasteiger partial charge < -0.3 is 15.2 Å². The van der Waals surface area contributed by atoms with Gasteiger partial charge in [-0.15, -0.1) is 0 Å². The molecular weight excluding hydrogens is 242 g/mol. The Morgan fingerprint density at radius 2 is 2.05 bits per heavy atom. The second-order valence-corrected chi connectivity index (χ2v) is 4.81. The molecule has 0 fully saturated rings. The van der Waals surface area contributed by atoms with Crippen molar-refractivity contribution in [1.29, 1.82) is 0 Å². The number of ether oxygens (including phenoxy) is 1. The molecule has 0 aliphatic heterocycles. The Bertz CT molecular complexity index is 431. The summed E-state index contributed by atoms with van der Waals surface area (Å²) in [6, 6.07) is 6.21. The normalized spacial score (nSPS) is 13.7. The number of aliphatic hydroxyl groups excluding tert-OH is 1. The van der Waals surface area contributed by atoms with Gasteiger partial charge in [-0.2, -0.15) is 0 Å². The monoisotopic (exact) mass is 263 g/mol. The molecule has 19 heavy (non-hydrogen) atoms. The Balaban J connectivity index is 1.78. The van der Waals surface area contributed by atoms with Crippen LogP contribution in [0.3, 0.4) is 0 Å². The molecule has 2 rings (SSSR count). The Hall–Kier alpha value is -1.55. The number of nitrogens with one attached hydrogen (secondary N) is 1. The zero-order chi connectivity index (χ0) is 13.5. The van der Waals surface area contributed by atoms with E-state index in [1.807, 2.05) is 6.07 Å². The summed E-state index contributed by atoms with van der Waals surface area (Å²) in [5.74, 6) is 0.752. The van der Waals surface area contributed by atoms with Gasteiger partial charge >= 0.3 is 0 Å². The Morgan fingerprint density at radius 1 is 1.26 bits per heavy atom. The SMILES string of the molecule is O=C(CCOc1ccc2c(c1)CCCC2)NCCO. The number of rotatable bonds is 6. The van der Waals surface area contributed by atoms with Crippen LogP contribution in [0.1, 0.15) is 30.4 Å². The first-order chi connectivity index (χ1) is 9.29. The summed E-state index contributed by atoms with van der Waals surface area (Å²) in [6.07, 6.45) is 5.14. The molecule has 0 saturated heterocycles. The van der Waals surface area contributed by atoms with E-state index >= 15 is 0 Å². The molecule has 0 bridgehead atoms. The molecule has 1 aromatic rings. The minimum Gasteiger partial charge on any atom is -0.493 e. The minimum absolute atomic E-state index is 0.0303. The van der Waals surface area contributed by atoms with Crippen molar-refractivity contribution in [2.45, 2.75) is 32.1 Å². The van der Waals surface area contributed by atoms with E-state index in [1.165, 1.54) is 30.4 Å². The molecule has 0 atom stereocenters. The minimum atomic E-state index is -0.0907. The van der Waals surface area contributed by atoms with Crippen molar-refractivity contribution in [3.05, 3.63) is 29.3 Å². The lowest BCUT2D eigenvalue weighted by molar-refractivity contribution is -0.121. The van der Waals surface area contributed by atoms with Crippen molar-refractivity contribution in [3.8, 4) is 5.75 Å². The first-order valence-corrected chi connectivity index (χ1v) is 6.92. The van der Waals surface area contributed by atoms with Crippen molar-refractivity contribution in [1.82, 2.24) is 5.32 Å². The quantitative estimate of drug-likeness (QED) is 0.816. The molecule has 2 N–H and O–H groups in total. The van der Waals surface area contributed by atoms with Gasteiger partial charge in [0.25, 0.3) is 0 Å². The average Bonchev–Trinajstić information content (AvgIpc) is 2.45. The lowest BCUT2D eigenvalue weighted by atomic mass is 9.92. The zero-order valence-electron chi connectivity index (χ0n) is 11.2. The third kappa shape index (κ3) is 4.24. The number of fused-ring (bicyclic) bond motifs is 1. The van der Waals surface area contributed by atoms with Gasteiger partial charge in [-0.1, -0.05) is 6.07 Å². The van der Waals surface area contributed by atoms with Crippen molar-refractivity contribution in [2.75, 3.05) is 19.8 Å². The average molecular weight is 263 g/mol. The molecule has 0 radical (unpaired) electrons. The van der Waals surface area contributed by atoms with Crippen molar-refractivity contribution in [3.63, 3.8) is 0 Å². The van der Waals surface area contributed by atoms with E-state index in [1.54, 1.807) is 0 Å². The number of aryl methyl sites for hydroxylation is 2. The molecular formula is C15H21NO3. The second-order valence-electron chi connectivity index (χ2n) is 4.81. The van der Waals surface area contributed by atoms with Gasteiger partial charge in [-0.3, -0.25) is 4.79 Å². The van der Waals surface area contributed by atoms with E-state index in [2.05, 4.69) is 17.4 Å². The van der Waals surface area contributed by atoms with E-state index in [9.17, 15) is 4.79 Å². The molecule has 4 nitrogen and oxygen atoms in total. The lowest BCUT2D eigenvalue weighted by Gasteiger charge is -2.16. The Labute approximate surface area is 113 Å². The van der Waals surface area contributed by atoms with Crippen LogP contribution in [0.25, 0.3) is 0 Å². The van der Waals surface area contributed by atoms with Gasteiger partial charge in [0.15, 0.2) is 0 Å². The maximum atomic E-state index is 11.3. The number of carbonyl (C=O) groups is 1.